The molecule has 0 fully saturated rings. The average Bonchev–Trinajstić information content (AvgIpc) is 2.98. The molecule has 2 N–H and O–H groups in total. The van der Waals surface area contributed by atoms with Crippen LogP contribution in [0.1, 0.15) is 34.4 Å². The number of rotatable bonds is 5. The molecule has 0 unspecified atom stereocenters. The standard InChI is InChI=1S/C15H23N5O2/c1-9-11(3)21-14(19-9)8-18-15(16-5)17-7-6-13-10(2)20-22-12(13)4/h6-8H2,1-5H3,(H2,16,17,18). The fourth-order valence-electron chi connectivity index (χ4n) is 2.16. The highest BCUT2D eigenvalue weighted by Gasteiger charge is 2.09. The molecule has 2 aromatic rings. The summed E-state index contributed by atoms with van der Waals surface area (Å²) in [6, 6.07) is 0. The van der Waals surface area contributed by atoms with Crippen LogP contribution in [-0.2, 0) is 13.0 Å². The van der Waals surface area contributed by atoms with Crippen LogP contribution < -0.4 is 10.6 Å². The van der Waals surface area contributed by atoms with Crippen molar-refractivity contribution >= 4 is 5.96 Å². The third kappa shape index (κ3) is 3.87. The Morgan fingerprint density at radius 1 is 1.09 bits per heavy atom. The minimum Gasteiger partial charge on any atom is -0.444 e. The Hall–Kier alpha value is -2.31. The molecule has 0 aromatic carbocycles. The Morgan fingerprint density at radius 3 is 2.41 bits per heavy atom. The highest BCUT2D eigenvalue weighted by molar-refractivity contribution is 5.79. The number of aliphatic imine (C=N–C) groups is 1. The van der Waals surface area contributed by atoms with E-state index < -0.39 is 0 Å². The number of aromatic nitrogens is 2. The third-order valence-corrected chi connectivity index (χ3v) is 3.55. The first kappa shape index (κ1) is 16.1. The van der Waals surface area contributed by atoms with Crippen molar-refractivity contribution in [2.24, 2.45) is 4.99 Å². The van der Waals surface area contributed by atoms with Gasteiger partial charge in [0.25, 0.3) is 0 Å². The Kier molecular flexibility index (Phi) is 5.19. The van der Waals surface area contributed by atoms with Crippen LogP contribution in [0, 0.1) is 27.7 Å². The number of oxazole rings is 1. The number of nitrogens with one attached hydrogen (secondary N) is 2. The molecule has 0 atom stereocenters. The lowest BCUT2D eigenvalue weighted by Crippen LogP contribution is -2.38. The van der Waals surface area contributed by atoms with Gasteiger partial charge < -0.3 is 19.6 Å². The summed E-state index contributed by atoms with van der Waals surface area (Å²) in [6.45, 7) is 8.95. The zero-order valence-corrected chi connectivity index (χ0v) is 13.8. The summed E-state index contributed by atoms with van der Waals surface area (Å²) in [7, 11) is 1.73. The minimum absolute atomic E-state index is 0.500. The molecule has 0 saturated carbocycles. The number of nitrogens with zero attached hydrogens (tertiary/aromatic N) is 3. The van der Waals surface area contributed by atoms with Crippen LogP contribution in [0.25, 0.3) is 0 Å². The molecule has 0 amide bonds. The monoisotopic (exact) mass is 305 g/mol. The van der Waals surface area contributed by atoms with Crippen LogP contribution in [0.2, 0.25) is 0 Å². The highest BCUT2D eigenvalue weighted by atomic mass is 16.5. The van der Waals surface area contributed by atoms with Gasteiger partial charge in [0, 0.05) is 19.2 Å². The molecule has 7 nitrogen and oxygen atoms in total. The molecule has 7 heteroatoms. The molecule has 0 aliphatic carbocycles. The molecule has 0 bridgehead atoms. The van der Waals surface area contributed by atoms with Crippen LogP contribution in [0.3, 0.4) is 0 Å². The van der Waals surface area contributed by atoms with Gasteiger partial charge in [0.05, 0.1) is 17.9 Å². The summed E-state index contributed by atoms with van der Waals surface area (Å²) in [5.74, 6) is 3.08. The summed E-state index contributed by atoms with van der Waals surface area (Å²) in [5.41, 5.74) is 2.99. The van der Waals surface area contributed by atoms with E-state index in [1.807, 2.05) is 27.7 Å². The molecule has 120 valence electrons. The van der Waals surface area contributed by atoms with Crippen molar-refractivity contribution in [1.82, 2.24) is 20.8 Å². The molecular weight excluding hydrogens is 282 g/mol. The smallest absolute Gasteiger partial charge is 0.214 e. The molecule has 0 spiro atoms. The van der Waals surface area contributed by atoms with Gasteiger partial charge in [-0.3, -0.25) is 4.99 Å². The number of aryl methyl sites for hydroxylation is 4. The maximum absolute atomic E-state index is 5.53. The summed E-state index contributed by atoms with van der Waals surface area (Å²) < 4.78 is 10.7. The zero-order valence-electron chi connectivity index (χ0n) is 13.8. The Morgan fingerprint density at radius 2 is 1.86 bits per heavy atom. The summed E-state index contributed by atoms with van der Waals surface area (Å²) in [4.78, 5) is 8.51. The van der Waals surface area contributed by atoms with Crippen molar-refractivity contribution in [3.05, 3.63) is 34.4 Å². The van der Waals surface area contributed by atoms with E-state index in [1.54, 1.807) is 7.05 Å². The van der Waals surface area contributed by atoms with Crippen molar-refractivity contribution in [3.63, 3.8) is 0 Å². The van der Waals surface area contributed by atoms with Gasteiger partial charge in [-0.25, -0.2) is 4.98 Å². The predicted octanol–water partition coefficient (Wildman–Crippen LogP) is 1.80. The van der Waals surface area contributed by atoms with Crippen LogP contribution in [0.5, 0.6) is 0 Å². The van der Waals surface area contributed by atoms with Gasteiger partial charge in [-0.05, 0) is 34.1 Å². The topological polar surface area (TPSA) is 88.5 Å². The predicted molar refractivity (Wildman–Crippen MR) is 83.9 cm³/mol. The van der Waals surface area contributed by atoms with Crippen LogP contribution in [0.4, 0.5) is 0 Å². The zero-order chi connectivity index (χ0) is 16.1. The molecule has 22 heavy (non-hydrogen) atoms. The summed E-state index contributed by atoms with van der Waals surface area (Å²) >= 11 is 0. The van der Waals surface area contributed by atoms with Gasteiger partial charge in [-0.1, -0.05) is 5.16 Å². The highest BCUT2D eigenvalue weighted by Crippen LogP contribution is 2.12. The van der Waals surface area contributed by atoms with E-state index >= 15 is 0 Å². The lowest BCUT2D eigenvalue weighted by atomic mass is 10.1. The summed E-state index contributed by atoms with van der Waals surface area (Å²) in [6.07, 6.45) is 0.832. The van der Waals surface area contributed by atoms with Crippen LogP contribution in [-0.4, -0.2) is 29.7 Å². The van der Waals surface area contributed by atoms with Gasteiger partial charge in [-0.2, -0.15) is 0 Å². The quantitative estimate of drug-likeness (QED) is 0.647. The Labute approximate surface area is 130 Å². The largest absolute Gasteiger partial charge is 0.444 e. The van der Waals surface area contributed by atoms with Crippen LogP contribution in [0.15, 0.2) is 13.9 Å². The Balaban J connectivity index is 1.80. The molecule has 2 aromatic heterocycles. The second-order valence-electron chi connectivity index (χ2n) is 5.15. The van der Waals surface area contributed by atoms with E-state index in [4.69, 9.17) is 8.94 Å². The van der Waals surface area contributed by atoms with E-state index in [0.29, 0.717) is 18.4 Å². The van der Waals surface area contributed by atoms with E-state index in [1.165, 1.54) is 0 Å². The molecule has 0 aliphatic heterocycles. The van der Waals surface area contributed by atoms with Crippen LogP contribution >= 0.6 is 0 Å². The molecule has 0 radical (unpaired) electrons. The van der Waals surface area contributed by atoms with E-state index in [9.17, 15) is 0 Å². The number of hydrogen-bond acceptors (Lipinski definition) is 5. The van der Waals surface area contributed by atoms with Gasteiger partial charge in [0.2, 0.25) is 5.89 Å². The van der Waals surface area contributed by atoms with Crippen molar-refractivity contribution in [1.29, 1.82) is 0 Å². The SMILES string of the molecule is CN=C(NCCc1c(C)noc1C)NCc1nc(C)c(C)o1. The van der Waals surface area contributed by atoms with E-state index in [0.717, 1.165) is 41.4 Å². The maximum Gasteiger partial charge on any atom is 0.214 e. The molecule has 2 heterocycles. The van der Waals surface area contributed by atoms with Gasteiger partial charge in [-0.15, -0.1) is 0 Å². The average molecular weight is 305 g/mol. The van der Waals surface area contributed by atoms with Crippen molar-refractivity contribution in [2.45, 2.75) is 40.7 Å². The first-order valence-corrected chi connectivity index (χ1v) is 7.30. The fraction of sp³-hybridized carbons (Fsp3) is 0.533. The van der Waals surface area contributed by atoms with Gasteiger partial charge >= 0.3 is 0 Å². The van der Waals surface area contributed by atoms with Gasteiger partial charge in [0.15, 0.2) is 5.96 Å². The van der Waals surface area contributed by atoms with Gasteiger partial charge in [0.1, 0.15) is 11.5 Å². The third-order valence-electron chi connectivity index (χ3n) is 3.55. The fourth-order valence-corrected chi connectivity index (χ4v) is 2.16. The molecule has 2 rings (SSSR count). The van der Waals surface area contributed by atoms with E-state index in [2.05, 4.69) is 25.8 Å². The molecule has 0 aliphatic rings. The minimum atomic E-state index is 0.500. The van der Waals surface area contributed by atoms with Crippen molar-refractivity contribution in [2.75, 3.05) is 13.6 Å². The first-order valence-electron chi connectivity index (χ1n) is 7.30. The second-order valence-corrected chi connectivity index (χ2v) is 5.15. The number of guanidine groups is 1. The van der Waals surface area contributed by atoms with Crippen molar-refractivity contribution < 1.29 is 8.94 Å². The first-order chi connectivity index (χ1) is 10.5. The van der Waals surface area contributed by atoms with E-state index in [-0.39, 0.29) is 0 Å². The Bertz CT molecular complexity index is 618. The number of hydrogen-bond donors (Lipinski definition) is 2. The second kappa shape index (κ2) is 7.11. The lowest BCUT2D eigenvalue weighted by Gasteiger charge is -2.10. The maximum atomic E-state index is 5.53. The normalized spacial score (nSPS) is 11.8. The van der Waals surface area contributed by atoms with Crippen molar-refractivity contribution in [3.8, 4) is 0 Å². The molecular formula is C15H23N5O2. The lowest BCUT2D eigenvalue weighted by molar-refractivity contribution is 0.392. The molecule has 0 saturated heterocycles. The summed E-state index contributed by atoms with van der Waals surface area (Å²) in [5, 5.41) is 10.4.